The van der Waals surface area contributed by atoms with E-state index in [4.69, 9.17) is 5.21 Å². The van der Waals surface area contributed by atoms with Gasteiger partial charge in [0.25, 0.3) is 0 Å². The average Bonchev–Trinajstić information content (AvgIpc) is 2.23. The molecule has 0 heterocycles. The first-order valence-corrected chi connectivity index (χ1v) is 4.39. The van der Waals surface area contributed by atoms with Crippen LogP contribution in [0.15, 0.2) is 36.4 Å². The first-order chi connectivity index (χ1) is 6.83. The van der Waals surface area contributed by atoms with Crippen LogP contribution in [0, 0.1) is 0 Å². The molecule has 0 spiro atoms. The summed E-state index contributed by atoms with van der Waals surface area (Å²) in [4.78, 5) is 0. The van der Waals surface area contributed by atoms with Gasteiger partial charge in [0.1, 0.15) is 5.75 Å². The molecule has 0 bridgehead atoms. The summed E-state index contributed by atoms with van der Waals surface area (Å²) in [6, 6.07) is 11.3. The van der Waals surface area contributed by atoms with Crippen LogP contribution in [0.1, 0.15) is 5.56 Å². The molecular weight excluding hydrogens is 178 g/mol. The van der Waals surface area contributed by atoms with Crippen molar-refractivity contribution in [3.8, 4) is 5.75 Å². The number of aromatic hydroxyl groups is 1. The van der Waals surface area contributed by atoms with Crippen LogP contribution < -0.4 is 5.48 Å². The lowest BCUT2D eigenvalue weighted by atomic mass is 10.1. The molecule has 0 saturated heterocycles. The third-order valence-corrected chi connectivity index (χ3v) is 2.25. The third-order valence-electron chi connectivity index (χ3n) is 2.25. The van der Waals surface area contributed by atoms with Gasteiger partial charge in [0.15, 0.2) is 0 Å². The Labute approximate surface area is 81.6 Å². The van der Waals surface area contributed by atoms with Crippen LogP contribution in [0.4, 0.5) is 0 Å². The summed E-state index contributed by atoms with van der Waals surface area (Å²) in [5.74, 6) is 0.227. The maximum absolute atomic E-state index is 9.83. The molecule has 0 radical (unpaired) electrons. The van der Waals surface area contributed by atoms with Crippen LogP contribution >= 0.6 is 0 Å². The number of rotatable bonds is 2. The first kappa shape index (κ1) is 8.99. The predicted molar refractivity (Wildman–Crippen MR) is 54.2 cm³/mol. The van der Waals surface area contributed by atoms with Gasteiger partial charge in [-0.1, -0.05) is 36.4 Å². The van der Waals surface area contributed by atoms with Crippen molar-refractivity contribution in [2.75, 3.05) is 0 Å². The summed E-state index contributed by atoms with van der Waals surface area (Å²) in [5.41, 5.74) is 2.72. The Bertz CT molecular complexity index is 454. The minimum absolute atomic E-state index is 0.227. The fourth-order valence-electron chi connectivity index (χ4n) is 1.53. The van der Waals surface area contributed by atoms with E-state index in [1.54, 1.807) is 6.07 Å². The molecule has 2 aromatic rings. The summed E-state index contributed by atoms with van der Waals surface area (Å²) in [5, 5.41) is 20.2. The second kappa shape index (κ2) is 3.65. The minimum atomic E-state index is 0.227. The Morgan fingerprint density at radius 2 is 1.86 bits per heavy atom. The molecule has 0 unspecified atom stereocenters. The number of benzene rings is 2. The number of phenolic OH excluding ortho intramolecular Hbond substituents is 1. The van der Waals surface area contributed by atoms with E-state index in [1.807, 2.05) is 35.8 Å². The van der Waals surface area contributed by atoms with E-state index in [1.165, 1.54) is 0 Å². The molecule has 0 aromatic heterocycles. The maximum Gasteiger partial charge on any atom is 0.127 e. The zero-order valence-corrected chi connectivity index (χ0v) is 7.57. The zero-order chi connectivity index (χ0) is 9.97. The molecule has 3 N–H and O–H groups in total. The molecule has 3 nitrogen and oxygen atoms in total. The second-order valence-electron chi connectivity index (χ2n) is 3.13. The minimum Gasteiger partial charge on any atom is -0.507 e. The Morgan fingerprint density at radius 1 is 1.07 bits per heavy atom. The molecular formula is C11H11NO2. The molecule has 0 aliphatic heterocycles. The number of phenols is 1. The van der Waals surface area contributed by atoms with Gasteiger partial charge in [-0.05, 0) is 5.39 Å². The summed E-state index contributed by atoms with van der Waals surface area (Å²) in [7, 11) is 0. The molecule has 0 fully saturated rings. The highest BCUT2D eigenvalue weighted by atomic mass is 16.5. The van der Waals surface area contributed by atoms with Crippen LogP contribution in [0.25, 0.3) is 10.8 Å². The topological polar surface area (TPSA) is 52.5 Å². The normalized spacial score (nSPS) is 10.6. The predicted octanol–water partition coefficient (Wildman–Crippen LogP) is 2.02. The molecule has 72 valence electrons. The largest absolute Gasteiger partial charge is 0.507 e. The Hall–Kier alpha value is -1.58. The quantitative estimate of drug-likeness (QED) is 0.633. The number of hydrogen-bond donors (Lipinski definition) is 3. The SMILES string of the molecule is ONCc1ccc2ccccc2c1O. The van der Waals surface area contributed by atoms with E-state index in [-0.39, 0.29) is 12.3 Å². The molecule has 2 rings (SSSR count). The van der Waals surface area contributed by atoms with E-state index in [0.717, 1.165) is 10.8 Å². The van der Waals surface area contributed by atoms with Crippen molar-refractivity contribution >= 4 is 10.8 Å². The molecule has 0 saturated carbocycles. The summed E-state index contributed by atoms with van der Waals surface area (Å²) in [6.45, 7) is 0.247. The number of fused-ring (bicyclic) bond motifs is 1. The van der Waals surface area contributed by atoms with Crippen LogP contribution in [0.3, 0.4) is 0 Å². The molecule has 2 aromatic carbocycles. The zero-order valence-electron chi connectivity index (χ0n) is 7.57. The van der Waals surface area contributed by atoms with Crippen LogP contribution in [-0.2, 0) is 6.54 Å². The van der Waals surface area contributed by atoms with E-state index in [0.29, 0.717) is 5.56 Å². The van der Waals surface area contributed by atoms with Crippen LogP contribution in [0.2, 0.25) is 0 Å². The van der Waals surface area contributed by atoms with Crippen molar-refractivity contribution in [3.05, 3.63) is 42.0 Å². The average molecular weight is 189 g/mol. The fraction of sp³-hybridized carbons (Fsp3) is 0.0909. The molecule has 0 atom stereocenters. The lowest BCUT2D eigenvalue weighted by Crippen LogP contribution is -2.06. The first-order valence-electron chi connectivity index (χ1n) is 4.39. The van der Waals surface area contributed by atoms with Gasteiger partial charge in [0, 0.05) is 17.5 Å². The highest BCUT2D eigenvalue weighted by Gasteiger charge is 2.04. The Kier molecular flexibility index (Phi) is 2.35. The maximum atomic E-state index is 9.83. The van der Waals surface area contributed by atoms with Crippen molar-refractivity contribution in [1.29, 1.82) is 0 Å². The number of nitrogens with one attached hydrogen (secondary N) is 1. The smallest absolute Gasteiger partial charge is 0.127 e. The van der Waals surface area contributed by atoms with Crippen LogP contribution in [-0.4, -0.2) is 10.3 Å². The molecule has 3 heteroatoms. The molecule has 0 aliphatic carbocycles. The highest BCUT2D eigenvalue weighted by molar-refractivity contribution is 5.89. The van der Waals surface area contributed by atoms with Gasteiger partial charge < -0.3 is 10.3 Å². The van der Waals surface area contributed by atoms with Gasteiger partial charge in [-0.25, -0.2) is 5.48 Å². The number of hydroxylamine groups is 1. The van der Waals surface area contributed by atoms with Gasteiger partial charge in [0.2, 0.25) is 0 Å². The van der Waals surface area contributed by atoms with E-state index >= 15 is 0 Å². The Morgan fingerprint density at radius 3 is 2.64 bits per heavy atom. The third kappa shape index (κ3) is 1.43. The van der Waals surface area contributed by atoms with E-state index in [9.17, 15) is 5.11 Å². The van der Waals surface area contributed by atoms with E-state index < -0.39 is 0 Å². The fourth-order valence-corrected chi connectivity index (χ4v) is 1.53. The van der Waals surface area contributed by atoms with Crippen molar-refractivity contribution in [1.82, 2.24) is 5.48 Å². The van der Waals surface area contributed by atoms with Crippen molar-refractivity contribution in [2.45, 2.75) is 6.54 Å². The van der Waals surface area contributed by atoms with Gasteiger partial charge in [-0.15, -0.1) is 0 Å². The summed E-state index contributed by atoms with van der Waals surface area (Å²) < 4.78 is 0. The van der Waals surface area contributed by atoms with Gasteiger partial charge >= 0.3 is 0 Å². The molecule has 14 heavy (non-hydrogen) atoms. The van der Waals surface area contributed by atoms with Crippen molar-refractivity contribution in [3.63, 3.8) is 0 Å². The molecule has 0 amide bonds. The van der Waals surface area contributed by atoms with Gasteiger partial charge in [-0.2, -0.15) is 0 Å². The molecule has 0 aliphatic rings. The Balaban J connectivity index is 2.63. The van der Waals surface area contributed by atoms with Crippen LogP contribution in [0.5, 0.6) is 5.75 Å². The second-order valence-corrected chi connectivity index (χ2v) is 3.13. The van der Waals surface area contributed by atoms with Crippen molar-refractivity contribution < 1.29 is 10.3 Å². The lowest BCUT2D eigenvalue weighted by Gasteiger charge is -2.06. The lowest BCUT2D eigenvalue weighted by molar-refractivity contribution is 0.160. The highest BCUT2D eigenvalue weighted by Crippen LogP contribution is 2.28. The summed E-state index contributed by atoms with van der Waals surface area (Å²) >= 11 is 0. The number of hydrogen-bond acceptors (Lipinski definition) is 3. The monoisotopic (exact) mass is 189 g/mol. The van der Waals surface area contributed by atoms with Crippen molar-refractivity contribution in [2.24, 2.45) is 0 Å². The standard InChI is InChI=1S/C11H11NO2/c13-11-9(7-12-14)6-5-8-3-1-2-4-10(8)11/h1-6,12-14H,7H2. The van der Waals surface area contributed by atoms with E-state index in [2.05, 4.69) is 0 Å². The van der Waals surface area contributed by atoms with Gasteiger partial charge in [0.05, 0.1) is 0 Å². The van der Waals surface area contributed by atoms with Gasteiger partial charge in [-0.3, -0.25) is 0 Å². The summed E-state index contributed by atoms with van der Waals surface area (Å²) in [6.07, 6.45) is 0.